The lowest BCUT2D eigenvalue weighted by Crippen LogP contribution is -2.37. The van der Waals surface area contributed by atoms with Gasteiger partial charge in [0.2, 0.25) is 0 Å². The number of quaternary nitrogens is 1. The molecule has 1 aromatic rings. The van der Waals surface area contributed by atoms with Crippen molar-refractivity contribution in [2.75, 3.05) is 6.54 Å². The Hall–Kier alpha value is -1.82. The predicted octanol–water partition coefficient (Wildman–Crippen LogP) is 4.27. The van der Waals surface area contributed by atoms with Crippen LogP contribution in [-0.2, 0) is 12.7 Å². The number of hydrogen-bond donors (Lipinski definition) is 1. The average Bonchev–Trinajstić information content (AvgIpc) is 2.80. The van der Waals surface area contributed by atoms with E-state index in [0.717, 1.165) is 29.9 Å². The first kappa shape index (κ1) is 17.5. The quantitative estimate of drug-likeness (QED) is 0.821. The van der Waals surface area contributed by atoms with Gasteiger partial charge in [-0.05, 0) is 39.8 Å². The summed E-state index contributed by atoms with van der Waals surface area (Å²) in [5, 5.41) is 7.92. The highest BCUT2D eigenvalue weighted by Crippen LogP contribution is 2.30. The molecule has 0 radical (unpaired) electrons. The Morgan fingerprint density at radius 3 is 2.17 bits per heavy atom. The largest absolute Gasteiger partial charge is 0.416 e. The first-order valence-electron chi connectivity index (χ1n) is 7.63. The molecule has 1 aliphatic rings. The van der Waals surface area contributed by atoms with Crippen molar-refractivity contribution in [1.29, 1.82) is 0 Å². The number of nitrogens with zero attached hydrogens (tertiary/aromatic N) is 2. The summed E-state index contributed by atoms with van der Waals surface area (Å²) in [6, 6.07) is 5.30. The first-order valence-corrected chi connectivity index (χ1v) is 7.63. The first-order chi connectivity index (χ1) is 10.5. The van der Waals surface area contributed by atoms with Gasteiger partial charge in [0.15, 0.2) is 0 Å². The van der Waals surface area contributed by atoms with E-state index in [1.54, 1.807) is 6.21 Å². The lowest BCUT2D eigenvalue weighted by Gasteiger charge is -2.25. The summed E-state index contributed by atoms with van der Waals surface area (Å²) in [5.74, 6) is 0. The second kappa shape index (κ2) is 6.00. The molecule has 0 fully saturated rings. The highest BCUT2D eigenvalue weighted by molar-refractivity contribution is 5.78. The van der Waals surface area contributed by atoms with Crippen LogP contribution < -0.4 is 5.32 Å². The Morgan fingerprint density at radius 1 is 1.09 bits per heavy atom. The topological polar surface area (TPSA) is 24.4 Å². The molecule has 23 heavy (non-hydrogen) atoms. The van der Waals surface area contributed by atoms with Gasteiger partial charge < -0.3 is 5.32 Å². The van der Waals surface area contributed by atoms with Crippen molar-refractivity contribution in [3.8, 4) is 0 Å². The third-order valence-electron chi connectivity index (χ3n) is 3.61. The molecule has 6 heteroatoms. The molecule has 1 unspecified atom stereocenters. The third-order valence-corrected chi connectivity index (χ3v) is 3.61. The lowest BCUT2D eigenvalue weighted by atomic mass is 10.1. The minimum Gasteiger partial charge on any atom is -0.375 e. The van der Waals surface area contributed by atoms with E-state index < -0.39 is 11.7 Å². The maximum Gasteiger partial charge on any atom is 0.416 e. The molecule has 2 rings (SSSR count). The molecule has 0 spiro atoms. The van der Waals surface area contributed by atoms with Crippen molar-refractivity contribution < 1.29 is 17.8 Å². The number of nitrogens with one attached hydrogen (secondary N) is 1. The zero-order valence-electron chi connectivity index (χ0n) is 13.9. The van der Waals surface area contributed by atoms with Gasteiger partial charge in [-0.1, -0.05) is 17.2 Å². The molecule has 1 aromatic carbocycles. The van der Waals surface area contributed by atoms with Crippen LogP contribution in [0.3, 0.4) is 0 Å². The fraction of sp³-hybridized carbons (Fsp3) is 0.471. The van der Waals surface area contributed by atoms with Gasteiger partial charge in [-0.3, -0.25) is 0 Å². The van der Waals surface area contributed by atoms with Crippen LogP contribution in [-0.4, -0.2) is 22.9 Å². The van der Waals surface area contributed by atoms with E-state index in [1.165, 1.54) is 12.1 Å². The van der Waals surface area contributed by atoms with Crippen LogP contribution in [0.2, 0.25) is 0 Å². The van der Waals surface area contributed by atoms with Crippen molar-refractivity contribution in [3.05, 3.63) is 47.3 Å². The molecule has 0 amide bonds. The highest BCUT2D eigenvalue weighted by atomic mass is 19.4. The van der Waals surface area contributed by atoms with E-state index in [-0.39, 0.29) is 5.54 Å². The van der Waals surface area contributed by atoms with Crippen LogP contribution in [0, 0.1) is 0 Å². The Morgan fingerprint density at radius 2 is 1.70 bits per heavy atom. The summed E-state index contributed by atoms with van der Waals surface area (Å²) < 4.78 is 38.2. The van der Waals surface area contributed by atoms with E-state index in [4.69, 9.17) is 0 Å². The molecule has 126 valence electrons. The lowest BCUT2D eigenvalue weighted by molar-refractivity contribution is -0.895. The number of rotatable bonds is 4. The molecular weight excluding hydrogens is 303 g/mol. The summed E-state index contributed by atoms with van der Waals surface area (Å²) >= 11 is 0. The van der Waals surface area contributed by atoms with Gasteiger partial charge in [0.05, 0.1) is 5.56 Å². The van der Waals surface area contributed by atoms with Crippen molar-refractivity contribution in [3.63, 3.8) is 0 Å². The monoisotopic (exact) mass is 326 g/mol. The van der Waals surface area contributed by atoms with Crippen LogP contribution in [0.5, 0.6) is 0 Å². The van der Waals surface area contributed by atoms with Crippen LogP contribution in [0.25, 0.3) is 0 Å². The molecular formula is C17H23F3N3+. The molecule has 1 atom stereocenters. The molecule has 1 aliphatic heterocycles. The van der Waals surface area contributed by atoms with Crippen LogP contribution in [0.1, 0.15) is 38.8 Å². The maximum absolute atomic E-state index is 12.6. The zero-order chi connectivity index (χ0) is 17.3. The van der Waals surface area contributed by atoms with Crippen LogP contribution >= 0.6 is 0 Å². The summed E-state index contributed by atoms with van der Waals surface area (Å²) in [6.07, 6.45) is -0.493. The minimum absolute atomic E-state index is 0.0695. The Balaban J connectivity index is 2.16. The normalized spacial score (nSPS) is 21.4. The molecule has 0 aromatic heterocycles. The van der Waals surface area contributed by atoms with E-state index in [2.05, 4.69) is 31.2 Å². The molecule has 1 heterocycles. The standard InChI is InChI=1S/C17H23F3N3/c1-5-23(12-15(10-21-23)22-16(2,3)4)11-13-6-8-14(9-7-13)17(18,19)20/h6-10,12,22H,5,11H2,1-4H3/q+1. The minimum atomic E-state index is -4.30. The van der Waals surface area contributed by atoms with Gasteiger partial charge in [-0.15, -0.1) is 0 Å². The van der Waals surface area contributed by atoms with E-state index in [9.17, 15) is 13.2 Å². The average molecular weight is 326 g/mol. The summed E-state index contributed by atoms with van der Waals surface area (Å²) in [6.45, 7) is 9.47. The molecule has 0 aliphatic carbocycles. The Labute approximate surface area is 135 Å². The molecule has 1 N–H and O–H groups in total. The van der Waals surface area contributed by atoms with Crippen LogP contribution in [0.4, 0.5) is 13.2 Å². The van der Waals surface area contributed by atoms with E-state index in [0.29, 0.717) is 11.1 Å². The van der Waals surface area contributed by atoms with Gasteiger partial charge in [0.1, 0.15) is 31.2 Å². The third kappa shape index (κ3) is 4.58. The van der Waals surface area contributed by atoms with Gasteiger partial charge in [-0.25, -0.2) is 0 Å². The van der Waals surface area contributed by atoms with Crippen molar-refractivity contribution in [1.82, 2.24) is 5.32 Å². The van der Waals surface area contributed by atoms with E-state index >= 15 is 0 Å². The number of halogens is 3. The summed E-state index contributed by atoms with van der Waals surface area (Å²) in [4.78, 5) is 0. The second-order valence-corrected chi connectivity index (χ2v) is 6.86. The second-order valence-electron chi connectivity index (χ2n) is 6.86. The van der Waals surface area contributed by atoms with Crippen molar-refractivity contribution in [2.45, 2.75) is 46.0 Å². The number of alkyl halides is 3. The fourth-order valence-corrected chi connectivity index (χ4v) is 2.49. The molecule has 0 bridgehead atoms. The Kier molecular flexibility index (Phi) is 4.57. The van der Waals surface area contributed by atoms with Gasteiger partial charge in [0, 0.05) is 11.1 Å². The van der Waals surface area contributed by atoms with Gasteiger partial charge >= 0.3 is 6.18 Å². The predicted molar refractivity (Wildman–Crippen MR) is 85.4 cm³/mol. The summed E-state index contributed by atoms with van der Waals surface area (Å²) in [7, 11) is 0. The van der Waals surface area contributed by atoms with E-state index in [1.807, 2.05) is 13.1 Å². The molecule has 0 saturated carbocycles. The molecule has 0 saturated heterocycles. The van der Waals surface area contributed by atoms with Gasteiger partial charge in [0.25, 0.3) is 0 Å². The number of hydrogen-bond acceptors (Lipinski definition) is 2. The molecule has 3 nitrogen and oxygen atoms in total. The van der Waals surface area contributed by atoms with Crippen LogP contribution in [0.15, 0.2) is 41.3 Å². The van der Waals surface area contributed by atoms with Crippen molar-refractivity contribution in [2.24, 2.45) is 5.10 Å². The highest BCUT2D eigenvalue weighted by Gasteiger charge is 2.32. The zero-order valence-corrected chi connectivity index (χ0v) is 13.9. The fourth-order valence-electron chi connectivity index (χ4n) is 2.49. The Bertz CT molecular complexity index is 609. The van der Waals surface area contributed by atoms with Crippen molar-refractivity contribution >= 4 is 6.21 Å². The number of benzene rings is 1. The SMILES string of the molecule is CC[N+]1(Cc2ccc(C(F)(F)F)cc2)C=C(NC(C)(C)C)C=N1. The number of allylic oxidation sites excluding steroid dienone is 1. The van der Waals surface area contributed by atoms with Gasteiger partial charge in [-0.2, -0.15) is 17.8 Å². The smallest absolute Gasteiger partial charge is 0.375 e. The maximum atomic E-state index is 12.6. The summed E-state index contributed by atoms with van der Waals surface area (Å²) in [5.41, 5.74) is 1.07.